The summed E-state index contributed by atoms with van der Waals surface area (Å²) < 4.78 is 55.1. The number of amides is 3. The highest BCUT2D eigenvalue weighted by Gasteiger charge is 2.31. The van der Waals surface area contributed by atoms with E-state index in [9.17, 15) is 19.5 Å². The number of ether oxygens (including phenoxy) is 10. The normalized spacial score (nSPS) is 19.5. The van der Waals surface area contributed by atoms with Gasteiger partial charge in [0.05, 0.1) is 53.9 Å². The summed E-state index contributed by atoms with van der Waals surface area (Å²) in [5, 5.41) is 16.2. The third kappa shape index (κ3) is 32.7. The van der Waals surface area contributed by atoms with Crippen molar-refractivity contribution in [3.8, 4) is 46.1 Å². The molecule has 0 saturated carbocycles. The van der Waals surface area contributed by atoms with Gasteiger partial charge in [-0.1, -0.05) is 91.9 Å². The Morgan fingerprint density at radius 3 is 1.12 bits per heavy atom. The third-order valence-electron chi connectivity index (χ3n) is 24.3. The molecular weight excluding hydrogens is 1570 g/mol. The Labute approximate surface area is 745 Å². The largest absolute Gasteiger partial charge is 0.508 e. The smallest absolute Gasteiger partial charge is 0.219 e. The van der Waals surface area contributed by atoms with Crippen LogP contribution in [0.25, 0.3) is 0 Å². The molecule has 7 aliphatic rings. The zero-order chi connectivity index (χ0) is 88.7. The molecule has 0 radical (unpaired) electrons. The molecule has 7 fully saturated rings. The van der Waals surface area contributed by atoms with Crippen LogP contribution in [0.15, 0.2) is 182 Å². The standard InChI is InChI=1S/C32H41N3O5.C17H25NO2.C15H23NO2.C14H19NO2.C13H17NO2.C12H17NO/c1-24(22-36-2)40-30-12-6-25(7-13-30)19-27-5-4-14-35(27)31-20-28(34-15-17-38-18-16-34)21-32(33-31)39-23-26-8-10-29(37-3)11-9-26;1-4-13(2)20-17-9-7-15(8-10-17)12-16-6-5-11-18(16)14(3)19;1-12(11-17-2)18-15-7-5-13(6-8-15)10-14-4-3-9-16-14;1-11(16)15-9-3-4-13(15)10-12-5-7-14(17-2)8-6-12;1-10(15)14-8-2-3-12(14)9-11-4-6-13(16)7-5-11;1-14-12-6-4-10(5-7-12)9-11-3-2-8-13-11/h6-13,20-21,24,27H,4-5,14-19,22-23H2,1-3H3;7-10,13,16H,4-6,11-12H2,1-3H3;5-8,12,14,16H,3-4,9-11H2,1-2H3;5-8,13H,3-4,9-10H2,1-2H3;4-7,12,16H,2-3,8-9H2,1H3;4-7,11,13H,2-3,8-9H2,1H3/t24-,27?;13-,16?;12-,14?;;;/m111.../s1. The van der Waals surface area contributed by atoms with E-state index in [1.54, 1.807) is 68.5 Å². The zero-order valence-electron chi connectivity index (χ0n) is 76.6. The minimum atomic E-state index is 0.0205. The maximum atomic E-state index is 11.6. The molecule has 9 atom stereocenters. The van der Waals surface area contributed by atoms with E-state index in [2.05, 4.69) is 131 Å². The van der Waals surface area contributed by atoms with Gasteiger partial charge in [-0.3, -0.25) is 14.4 Å². The first-order valence-electron chi connectivity index (χ1n) is 45.7. The van der Waals surface area contributed by atoms with Crippen LogP contribution in [0.3, 0.4) is 0 Å². The maximum Gasteiger partial charge on any atom is 0.219 e. The highest BCUT2D eigenvalue weighted by molar-refractivity contribution is 5.75. The summed E-state index contributed by atoms with van der Waals surface area (Å²) in [6, 6.07) is 64.0. The number of anilines is 2. The first-order valence-corrected chi connectivity index (χ1v) is 45.7. The molecule has 6 unspecified atom stereocenters. The van der Waals surface area contributed by atoms with Gasteiger partial charge in [0.1, 0.15) is 64.9 Å². The Bertz CT molecular complexity index is 4390. The Hall–Kier alpha value is -10.1. The van der Waals surface area contributed by atoms with Crippen molar-refractivity contribution in [2.24, 2.45) is 0 Å². The van der Waals surface area contributed by atoms with E-state index in [1.165, 1.54) is 72.2 Å². The van der Waals surface area contributed by atoms with Crippen molar-refractivity contribution >= 4 is 29.2 Å². The highest BCUT2D eigenvalue weighted by atomic mass is 16.5. The lowest BCUT2D eigenvalue weighted by Gasteiger charge is -2.31. The lowest BCUT2D eigenvalue weighted by atomic mass is 10.0. The number of rotatable bonds is 31. The minimum Gasteiger partial charge on any atom is -0.508 e. The monoisotopic (exact) mass is 1720 g/mol. The molecule has 8 aromatic rings. The summed E-state index contributed by atoms with van der Waals surface area (Å²) in [4.78, 5) is 50.2. The molecule has 678 valence electrons. The van der Waals surface area contributed by atoms with Crippen LogP contribution in [0.4, 0.5) is 11.5 Å². The molecule has 3 N–H and O–H groups in total. The molecule has 15 rings (SSSR count). The molecule has 1 aromatic heterocycles. The number of benzene rings is 7. The number of hydrogen-bond acceptors (Lipinski definition) is 19. The summed E-state index contributed by atoms with van der Waals surface area (Å²) in [6.07, 6.45) is 21.6. The number of morpholine rings is 1. The predicted molar refractivity (Wildman–Crippen MR) is 498 cm³/mol. The first kappa shape index (κ1) is 97.1. The van der Waals surface area contributed by atoms with Gasteiger partial charge in [-0.05, 0) is 280 Å². The van der Waals surface area contributed by atoms with Gasteiger partial charge in [-0.25, -0.2) is 0 Å². The fourth-order valence-electron chi connectivity index (χ4n) is 17.4. The fraction of sp³-hybridized carbons (Fsp3) is 0.515. The molecule has 0 aliphatic carbocycles. The molecule has 3 amide bonds. The van der Waals surface area contributed by atoms with Crippen molar-refractivity contribution in [3.05, 3.63) is 221 Å². The van der Waals surface area contributed by atoms with E-state index in [-0.39, 0.29) is 36.0 Å². The summed E-state index contributed by atoms with van der Waals surface area (Å²) in [6.45, 7) is 24.1. The molecule has 8 heterocycles. The number of carbonyl (C=O) groups excluding carboxylic acids is 3. The van der Waals surface area contributed by atoms with Crippen molar-refractivity contribution in [3.63, 3.8) is 0 Å². The Morgan fingerprint density at radius 2 is 0.760 bits per heavy atom. The van der Waals surface area contributed by atoms with Crippen LogP contribution in [-0.4, -0.2) is 211 Å². The fourth-order valence-corrected chi connectivity index (χ4v) is 17.4. The molecule has 0 spiro atoms. The number of phenolic OH excluding ortho intramolecular Hbond substituents is 1. The third-order valence-corrected chi connectivity index (χ3v) is 24.3. The molecule has 7 aliphatic heterocycles. The van der Waals surface area contributed by atoms with Crippen molar-refractivity contribution < 1.29 is 66.9 Å². The van der Waals surface area contributed by atoms with Gasteiger partial charge >= 0.3 is 0 Å². The van der Waals surface area contributed by atoms with E-state index in [1.807, 2.05) is 101 Å². The van der Waals surface area contributed by atoms with Crippen LogP contribution >= 0.6 is 0 Å². The number of methoxy groups -OCH3 is 5. The number of nitrogens with one attached hydrogen (secondary N) is 2. The van der Waals surface area contributed by atoms with Gasteiger partial charge in [-0.15, -0.1) is 0 Å². The quantitative estimate of drug-likeness (QED) is 0.0368. The van der Waals surface area contributed by atoms with Crippen molar-refractivity contribution in [1.29, 1.82) is 0 Å². The van der Waals surface area contributed by atoms with Crippen molar-refractivity contribution in [1.82, 2.24) is 30.3 Å². The average molecular weight is 1720 g/mol. The van der Waals surface area contributed by atoms with E-state index >= 15 is 0 Å². The molecule has 0 bridgehead atoms. The molecule has 7 aromatic carbocycles. The van der Waals surface area contributed by atoms with Crippen LogP contribution in [0, 0.1) is 0 Å². The van der Waals surface area contributed by atoms with E-state index in [4.69, 9.17) is 52.4 Å². The number of phenols is 1. The van der Waals surface area contributed by atoms with Crippen LogP contribution in [0.2, 0.25) is 0 Å². The topological polar surface area (TPSA) is 217 Å². The number of carbonyl (C=O) groups is 3. The minimum absolute atomic E-state index is 0.0205. The second-order valence-electron chi connectivity index (χ2n) is 34.0. The molecule has 125 heavy (non-hydrogen) atoms. The zero-order valence-corrected chi connectivity index (χ0v) is 76.6. The lowest BCUT2D eigenvalue weighted by molar-refractivity contribution is -0.130. The first-order chi connectivity index (χ1) is 60.7. The van der Waals surface area contributed by atoms with Crippen LogP contribution in [0.5, 0.6) is 46.1 Å². The van der Waals surface area contributed by atoms with Crippen LogP contribution in [-0.2, 0) is 73.7 Å². The number of hydrogen-bond donors (Lipinski definition) is 3. The van der Waals surface area contributed by atoms with Gasteiger partial charge in [0.2, 0.25) is 23.6 Å². The highest BCUT2D eigenvalue weighted by Crippen LogP contribution is 2.35. The second kappa shape index (κ2) is 52.1. The Morgan fingerprint density at radius 1 is 0.416 bits per heavy atom. The van der Waals surface area contributed by atoms with Gasteiger partial charge in [-0.2, -0.15) is 4.98 Å². The number of pyridine rings is 1. The van der Waals surface area contributed by atoms with E-state index in [0.717, 1.165) is 200 Å². The molecule has 7 saturated heterocycles. The number of likely N-dealkylation sites (tertiary alicyclic amines) is 3. The summed E-state index contributed by atoms with van der Waals surface area (Å²) >= 11 is 0. The summed E-state index contributed by atoms with van der Waals surface area (Å²) in [5.41, 5.74) is 9.99. The number of aromatic hydroxyl groups is 1. The van der Waals surface area contributed by atoms with Crippen LogP contribution < -0.4 is 53.6 Å². The average Bonchev–Trinajstić information content (AvgIpc) is 1.77. The van der Waals surface area contributed by atoms with Gasteiger partial charge < -0.3 is 87.6 Å². The number of aromatic nitrogens is 1. The summed E-state index contributed by atoms with van der Waals surface area (Å²) in [7, 11) is 8.43. The van der Waals surface area contributed by atoms with Crippen molar-refractivity contribution in [2.45, 2.75) is 232 Å². The maximum absolute atomic E-state index is 11.6. The Kier molecular flexibility index (Phi) is 40.5. The van der Waals surface area contributed by atoms with Crippen molar-refractivity contribution in [2.75, 3.05) is 124 Å². The SMILES string of the molecule is CC(=O)N1CCCC1Cc1ccc(O)cc1.CC[C@@H](C)Oc1ccc(CC2CCCN2C(C)=O)cc1.COC[C@@H](C)Oc1ccc(CC2CCCN2)cc1.COC[C@@H](C)Oc1ccc(CC2CCCN2c2cc(N3CCOCC3)cc(OCc3ccc(OC)cc3)n2)cc1.COc1ccc(CC2CCCN2)cc1.COc1ccc(CC2CCCN2C(C)=O)cc1. The lowest BCUT2D eigenvalue weighted by Crippen LogP contribution is -2.37. The Balaban J connectivity index is 0.000000165. The molecule has 22 heteroatoms. The summed E-state index contributed by atoms with van der Waals surface area (Å²) in [5.74, 6) is 7.84. The molecule has 22 nitrogen and oxygen atoms in total. The van der Waals surface area contributed by atoms with Gasteiger partial charge in [0, 0.05) is 128 Å². The van der Waals surface area contributed by atoms with E-state index < -0.39 is 0 Å². The predicted octanol–water partition coefficient (Wildman–Crippen LogP) is 17.1. The second-order valence-corrected chi connectivity index (χ2v) is 34.0. The van der Waals surface area contributed by atoms with Gasteiger partial charge in [0.25, 0.3) is 0 Å². The molecular formula is C103H142N8O14. The van der Waals surface area contributed by atoms with Crippen LogP contribution in [0.1, 0.15) is 171 Å². The number of nitrogens with zero attached hydrogens (tertiary/aromatic N) is 6. The van der Waals surface area contributed by atoms with Gasteiger partial charge in [0.15, 0.2) is 0 Å². The van der Waals surface area contributed by atoms with E-state index in [0.29, 0.717) is 67.7 Å².